The number of piperazine rings is 1. The molecule has 2 heterocycles. The standard InChI is InChI=1S/C11H15N5O2/c12-9(17)7-2-1-3-15-11(7)16-5-4-14-6-8(16)10(13)18/h1-3,8,14H,4-6H2,(H2,12,17)(H2,13,18). The van der Waals surface area contributed by atoms with E-state index in [4.69, 9.17) is 11.5 Å². The maximum Gasteiger partial charge on any atom is 0.252 e. The summed E-state index contributed by atoms with van der Waals surface area (Å²) in [5, 5.41) is 3.08. The number of primary amides is 2. The summed E-state index contributed by atoms with van der Waals surface area (Å²) >= 11 is 0. The molecule has 0 spiro atoms. The largest absolute Gasteiger partial charge is 0.368 e. The predicted molar refractivity (Wildman–Crippen MR) is 66.0 cm³/mol. The van der Waals surface area contributed by atoms with Crippen molar-refractivity contribution < 1.29 is 9.59 Å². The van der Waals surface area contributed by atoms with E-state index in [1.165, 1.54) is 0 Å². The Hall–Kier alpha value is -2.15. The van der Waals surface area contributed by atoms with Gasteiger partial charge in [0.2, 0.25) is 5.91 Å². The molecule has 1 aromatic heterocycles. The third-order valence-electron chi connectivity index (χ3n) is 2.90. The number of amides is 2. The smallest absolute Gasteiger partial charge is 0.252 e. The van der Waals surface area contributed by atoms with Gasteiger partial charge in [0.25, 0.3) is 5.91 Å². The maximum atomic E-state index is 11.4. The first-order valence-electron chi connectivity index (χ1n) is 5.62. The molecule has 0 aromatic carbocycles. The fraction of sp³-hybridized carbons (Fsp3) is 0.364. The van der Waals surface area contributed by atoms with Gasteiger partial charge in [0.15, 0.2) is 0 Å². The minimum absolute atomic E-state index is 0.297. The Balaban J connectivity index is 2.39. The van der Waals surface area contributed by atoms with E-state index in [-0.39, 0.29) is 0 Å². The molecule has 18 heavy (non-hydrogen) atoms. The Morgan fingerprint density at radius 3 is 2.89 bits per heavy atom. The van der Waals surface area contributed by atoms with E-state index < -0.39 is 17.9 Å². The molecule has 1 aromatic rings. The number of anilines is 1. The van der Waals surface area contributed by atoms with Crippen molar-refractivity contribution in [1.82, 2.24) is 10.3 Å². The lowest BCUT2D eigenvalue weighted by molar-refractivity contribution is -0.119. The fourth-order valence-electron chi connectivity index (χ4n) is 2.03. The van der Waals surface area contributed by atoms with Crippen LogP contribution in [-0.2, 0) is 4.79 Å². The molecule has 0 aliphatic carbocycles. The zero-order chi connectivity index (χ0) is 13.1. The number of carbonyl (C=O) groups excluding carboxylic acids is 2. The van der Waals surface area contributed by atoms with E-state index in [0.717, 1.165) is 0 Å². The average molecular weight is 249 g/mol. The molecule has 7 heteroatoms. The maximum absolute atomic E-state index is 11.4. The Kier molecular flexibility index (Phi) is 3.42. The summed E-state index contributed by atoms with van der Waals surface area (Å²) in [6.45, 7) is 1.67. The summed E-state index contributed by atoms with van der Waals surface area (Å²) < 4.78 is 0. The molecule has 1 atom stereocenters. The van der Waals surface area contributed by atoms with E-state index in [0.29, 0.717) is 31.0 Å². The van der Waals surface area contributed by atoms with Crippen LogP contribution in [0.1, 0.15) is 10.4 Å². The van der Waals surface area contributed by atoms with Crippen molar-refractivity contribution in [3.63, 3.8) is 0 Å². The highest BCUT2D eigenvalue weighted by Gasteiger charge is 2.29. The van der Waals surface area contributed by atoms with Gasteiger partial charge in [0, 0.05) is 25.8 Å². The Bertz CT molecular complexity index is 476. The van der Waals surface area contributed by atoms with E-state index in [2.05, 4.69) is 10.3 Å². The highest BCUT2D eigenvalue weighted by molar-refractivity contribution is 5.98. The highest BCUT2D eigenvalue weighted by Crippen LogP contribution is 2.20. The molecule has 1 fully saturated rings. The number of hydrogen-bond donors (Lipinski definition) is 3. The van der Waals surface area contributed by atoms with Crippen LogP contribution in [0.3, 0.4) is 0 Å². The van der Waals surface area contributed by atoms with Crippen molar-refractivity contribution in [2.24, 2.45) is 11.5 Å². The number of hydrogen-bond acceptors (Lipinski definition) is 5. The molecule has 0 saturated carbocycles. The van der Waals surface area contributed by atoms with Crippen molar-refractivity contribution in [2.45, 2.75) is 6.04 Å². The number of aromatic nitrogens is 1. The molecule has 5 N–H and O–H groups in total. The van der Waals surface area contributed by atoms with Crippen molar-refractivity contribution in [1.29, 1.82) is 0 Å². The van der Waals surface area contributed by atoms with Crippen LogP contribution < -0.4 is 21.7 Å². The molecule has 1 unspecified atom stereocenters. The van der Waals surface area contributed by atoms with Crippen molar-refractivity contribution >= 4 is 17.6 Å². The minimum atomic E-state index is -0.570. The lowest BCUT2D eigenvalue weighted by Crippen LogP contribution is -2.57. The third-order valence-corrected chi connectivity index (χ3v) is 2.90. The number of nitrogens with zero attached hydrogens (tertiary/aromatic N) is 2. The molecule has 96 valence electrons. The lowest BCUT2D eigenvalue weighted by atomic mass is 10.1. The topological polar surface area (TPSA) is 114 Å². The number of rotatable bonds is 3. The van der Waals surface area contributed by atoms with Gasteiger partial charge in [-0.15, -0.1) is 0 Å². The van der Waals surface area contributed by atoms with Gasteiger partial charge < -0.3 is 21.7 Å². The third kappa shape index (κ3) is 2.25. The molecule has 2 amide bonds. The number of nitrogens with one attached hydrogen (secondary N) is 1. The van der Waals surface area contributed by atoms with Crippen LogP contribution in [0, 0.1) is 0 Å². The van der Waals surface area contributed by atoms with Gasteiger partial charge in [-0.2, -0.15) is 0 Å². The molecule has 0 bridgehead atoms. The molecule has 7 nitrogen and oxygen atoms in total. The number of carbonyl (C=O) groups is 2. The summed E-state index contributed by atoms with van der Waals surface area (Å²) in [5.74, 6) is -0.613. The van der Waals surface area contributed by atoms with Crippen LogP contribution in [0.2, 0.25) is 0 Å². The summed E-state index contributed by atoms with van der Waals surface area (Å²) in [7, 11) is 0. The molecule has 0 radical (unpaired) electrons. The zero-order valence-electron chi connectivity index (χ0n) is 9.80. The van der Waals surface area contributed by atoms with E-state index in [9.17, 15) is 9.59 Å². The zero-order valence-corrected chi connectivity index (χ0v) is 9.80. The van der Waals surface area contributed by atoms with Gasteiger partial charge in [-0.1, -0.05) is 0 Å². The van der Waals surface area contributed by atoms with Crippen LogP contribution in [0.25, 0.3) is 0 Å². The van der Waals surface area contributed by atoms with Crippen LogP contribution in [0.4, 0.5) is 5.82 Å². The van der Waals surface area contributed by atoms with Gasteiger partial charge in [-0.25, -0.2) is 4.98 Å². The van der Waals surface area contributed by atoms with E-state index in [1.54, 1.807) is 23.2 Å². The van der Waals surface area contributed by atoms with Crippen LogP contribution in [0.5, 0.6) is 0 Å². The highest BCUT2D eigenvalue weighted by atomic mass is 16.2. The first kappa shape index (κ1) is 12.3. The molecule has 1 aliphatic heterocycles. The predicted octanol–water partition coefficient (Wildman–Crippen LogP) is -1.56. The second-order valence-electron chi connectivity index (χ2n) is 4.05. The SMILES string of the molecule is NC(=O)c1cccnc1N1CCNCC1C(N)=O. The Labute approximate surface area is 104 Å². The Morgan fingerprint density at radius 2 is 2.22 bits per heavy atom. The molecular weight excluding hydrogens is 234 g/mol. The molecule has 1 saturated heterocycles. The molecule has 1 aliphatic rings. The molecular formula is C11H15N5O2. The van der Waals surface area contributed by atoms with Gasteiger partial charge in [-0.3, -0.25) is 9.59 Å². The van der Waals surface area contributed by atoms with Gasteiger partial charge in [-0.05, 0) is 12.1 Å². The summed E-state index contributed by atoms with van der Waals surface area (Å²) in [6.07, 6.45) is 1.56. The van der Waals surface area contributed by atoms with Gasteiger partial charge in [0.1, 0.15) is 11.9 Å². The Morgan fingerprint density at radius 1 is 1.44 bits per heavy atom. The van der Waals surface area contributed by atoms with Crippen LogP contribution in [-0.4, -0.2) is 42.5 Å². The van der Waals surface area contributed by atoms with Crippen LogP contribution >= 0.6 is 0 Å². The number of pyridine rings is 1. The van der Waals surface area contributed by atoms with Gasteiger partial charge >= 0.3 is 0 Å². The monoisotopic (exact) mass is 249 g/mol. The van der Waals surface area contributed by atoms with Crippen molar-refractivity contribution in [3.05, 3.63) is 23.9 Å². The minimum Gasteiger partial charge on any atom is -0.368 e. The average Bonchev–Trinajstić information content (AvgIpc) is 2.38. The van der Waals surface area contributed by atoms with E-state index in [1.807, 2.05) is 0 Å². The first-order chi connectivity index (χ1) is 8.61. The van der Waals surface area contributed by atoms with Crippen LogP contribution in [0.15, 0.2) is 18.3 Å². The normalized spacial score (nSPS) is 19.6. The van der Waals surface area contributed by atoms with Gasteiger partial charge in [0.05, 0.1) is 5.56 Å². The number of nitrogens with two attached hydrogens (primary N) is 2. The quantitative estimate of drug-likeness (QED) is 0.599. The summed E-state index contributed by atoms with van der Waals surface area (Å²) in [6, 6.07) is 2.70. The van der Waals surface area contributed by atoms with E-state index >= 15 is 0 Å². The van der Waals surface area contributed by atoms with Crippen molar-refractivity contribution in [2.75, 3.05) is 24.5 Å². The molecule has 2 rings (SSSR count). The lowest BCUT2D eigenvalue weighted by Gasteiger charge is -2.35. The summed E-state index contributed by atoms with van der Waals surface area (Å²) in [5.41, 5.74) is 11.0. The second-order valence-corrected chi connectivity index (χ2v) is 4.05. The first-order valence-corrected chi connectivity index (χ1v) is 5.62. The fourth-order valence-corrected chi connectivity index (χ4v) is 2.03. The van der Waals surface area contributed by atoms with Crippen molar-refractivity contribution in [3.8, 4) is 0 Å². The summed E-state index contributed by atoms with van der Waals surface area (Å²) in [4.78, 5) is 28.6. The second kappa shape index (κ2) is 5.01.